The molecule has 0 aliphatic carbocycles. The van der Waals surface area contributed by atoms with Gasteiger partial charge in [0.25, 0.3) is 0 Å². The second kappa shape index (κ2) is 4.96. The Kier molecular flexibility index (Phi) is 3.38. The molecule has 5 atom stereocenters. The topological polar surface area (TPSA) is 79.7 Å². The molecule has 3 aliphatic rings. The molecule has 26 heavy (non-hydrogen) atoms. The van der Waals surface area contributed by atoms with Gasteiger partial charge in [-0.05, 0) is 19.9 Å². The largest absolute Gasteiger partial charge is 0.419 e. The zero-order chi connectivity index (χ0) is 19.2. The van der Waals surface area contributed by atoms with Crippen LogP contribution < -0.4 is 4.90 Å². The summed E-state index contributed by atoms with van der Waals surface area (Å²) in [6.07, 6.45) is -4.60. The number of hydrogen-bond donors (Lipinski definition) is 1. The number of halogens is 4. The van der Waals surface area contributed by atoms with E-state index in [1.165, 1.54) is 0 Å². The van der Waals surface area contributed by atoms with Gasteiger partial charge in [0, 0.05) is 6.42 Å². The molecule has 0 spiro atoms. The number of aliphatic hydroxyl groups excluding tert-OH is 1. The van der Waals surface area contributed by atoms with Crippen LogP contribution in [0.5, 0.6) is 0 Å². The number of rotatable bonds is 1. The number of ether oxygens (including phenoxy) is 1. The lowest BCUT2D eigenvalue weighted by atomic mass is 9.67. The van der Waals surface area contributed by atoms with Gasteiger partial charge in [0.15, 0.2) is 0 Å². The Hall–Kier alpha value is -1.71. The van der Waals surface area contributed by atoms with Gasteiger partial charge in [0.1, 0.15) is 10.8 Å². The standard InChI is InChI=1S/C16H14ClF3N2O4/c1-14-4-8(23)15(2,26-14)10-9(14)12(24)22(13(10)25)6-3-7(16(18,19)20)11(17)21-5-6/h3,5,8-10,23H,4H2,1-2H3/t8-,9+,10-,14?,15?/m0/s1. The molecule has 1 aromatic rings. The third-order valence-corrected chi connectivity index (χ3v) is 5.98. The first-order valence-electron chi connectivity index (χ1n) is 7.89. The van der Waals surface area contributed by atoms with E-state index in [0.717, 1.165) is 6.20 Å². The molecule has 1 N–H and O–H groups in total. The van der Waals surface area contributed by atoms with Crippen molar-refractivity contribution in [2.24, 2.45) is 11.8 Å². The summed E-state index contributed by atoms with van der Waals surface area (Å²) in [5.74, 6) is -3.19. The lowest BCUT2D eigenvalue weighted by molar-refractivity contribution is -0.138. The van der Waals surface area contributed by atoms with Crippen LogP contribution in [-0.4, -0.2) is 39.2 Å². The first-order chi connectivity index (χ1) is 11.9. The third kappa shape index (κ3) is 2.04. The van der Waals surface area contributed by atoms with E-state index in [9.17, 15) is 27.9 Å². The molecule has 10 heteroatoms. The number of imide groups is 1. The monoisotopic (exact) mass is 390 g/mol. The fourth-order valence-electron chi connectivity index (χ4n) is 4.53. The minimum Gasteiger partial charge on any atom is -0.390 e. The van der Waals surface area contributed by atoms with Crippen molar-refractivity contribution in [1.29, 1.82) is 0 Å². The molecule has 0 saturated carbocycles. The maximum atomic E-state index is 13.1. The summed E-state index contributed by atoms with van der Waals surface area (Å²) in [4.78, 5) is 30.0. The van der Waals surface area contributed by atoms with Crippen LogP contribution in [0.25, 0.3) is 0 Å². The van der Waals surface area contributed by atoms with Crippen LogP contribution in [0.3, 0.4) is 0 Å². The normalized spacial score (nSPS) is 39.0. The van der Waals surface area contributed by atoms with Gasteiger partial charge < -0.3 is 9.84 Å². The molecule has 3 aliphatic heterocycles. The Balaban J connectivity index is 1.80. The molecule has 0 aromatic carbocycles. The number of pyridine rings is 1. The van der Waals surface area contributed by atoms with Gasteiger partial charge in [-0.3, -0.25) is 9.59 Å². The fraction of sp³-hybridized carbons (Fsp3) is 0.562. The number of alkyl halides is 3. The van der Waals surface area contributed by atoms with Gasteiger partial charge in [0.05, 0.1) is 41.0 Å². The highest BCUT2D eigenvalue weighted by Gasteiger charge is 2.75. The lowest BCUT2D eigenvalue weighted by Crippen LogP contribution is -2.49. The van der Waals surface area contributed by atoms with Gasteiger partial charge in [0.2, 0.25) is 11.8 Å². The van der Waals surface area contributed by atoms with Crippen LogP contribution in [0.2, 0.25) is 5.15 Å². The van der Waals surface area contributed by atoms with Gasteiger partial charge in [-0.1, -0.05) is 11.6 Å². The molecule has 2 bridgehead atoms. The Morgan fingerprint density at radius 3 is 2.54 bits per heavy atom. The molecule has 6 nitrogen and oxygen atoms in total. The van der Waals surface area contributed by atoms with Crippen molar-refractivity contribution in [3.05, 3.63) is 23.0 Å². The lowest BCUT2D eigenvalue weighted by Gasteiger charge is -2.31. The van der Waals surface area contributed by atoms with E-state index < -0.39 is 57.8 Å². The van der Waals surface area contributed by atoms with Crippen molar-refractivity contribution >= 4 is 29.1 Å². The molecule has 4 rings (SSSR count). The predicted molar refractivity (Wildman–Crippen MR) is 82.2 cm³/mol. The van der Waals surface area contributed by atoms with E-state index >= 15 is 0 Å². The first kappa shape index (κ1) is 17.7. The van der Waals surface area contributed by atoms with Crippen LogP contribution in [-0.2, 0) is 20.5 Å². The third-order valence-electron chi connectivity index (χ3n) is 5.68. The maximum Gasteiger partial charge on any atom is 0.419 e. The molecule has 3 saturated heterocycles. The number of nitrogens with zero attached hydrogens (tertiary/aromatic N) is 2. The number of carbonyl (C=O) groups is 2. The zero-order valence-electron chi connectivity index (χ0n) is 13.7. The molecule has 1 aromatic heterocycles. The maximum absolute atomic E-state index is 13.1. The first-order valence-corrected chi connectivity index (χ1v) is 8.27. The molecule has 0 radical (unpaired) electrons. The highest BCUT2D eigenvalue weighted by Crippen LogP contribution is 2.61. The molecule has 2 unspecified atom stereocenters. The van der Waals surface area contributed by atoms with Crippen molar-refractivity contribution in [1.82, 2.24) is 4.98 Å². The van der Waals surface area contributed by atoms with E-state index in [0.29, 0.717) is 11.0 Å². The fourth-order valence-corrected chi connectivity index (χ4v) is 4.74. The highest BCUT2D eigenvalue weighted by molar-refractivity contribution is 6.30. The highest BCUT2D eigenvalue weighted by atomic mass is 35.5. The van der Waals surface area contributed by atoms with E-state index in [1.807, 2.05) is 0 Å². The zero-order valence-corrected chi connectivity index (χ0v) is 14.4. The second-order valence-corrected chi connectivity index (χ2v) is 7.67. The number of carbonyl (C=O) groups excluding carboxylic acids is 2. The van der Waals surface area contributed by atoms with Gasteiger partial charge in [-0.15, -0.1) is 0 Å². The van der Waals surface area contributed by atoms with Gasteiger partial charge >= 0.3 is 6.18 Å². The van der Waals surface area contributed by atoms with Crippen LogP contribution >= 0.6 is 11.6 Å². The average Bonchev–Trinajstić information content (AvgIpc) is 3.01. The van der Waals surface area contributed by atoms with Gasteiger partial charge in [-0.2, -0.15) is 13.2 Å². The smallest absolute Gasteiger partial charge is 0.390 e. The Bertz CT molecular complexity index is 847. The minimum atomic E-state index is -4.78. The SMILES string of the molecule is CC12C[C@H](O)C(C)(O1)[C@@H]1C(=O)N(c3cnc(Cl)c(C(F)(F)F)c3)C(=O)[C@@H]12. The Morgan fingerprint density at radius 2 is 1.92 bits per heavy atom. The average molecular weight is 391 g/mol. The van der Waals surface area contributed by atoms with Crippen LogP contribution in [0, 0.1) is 11.8 Å². The second-order valence-electron chi connectivity index (χ2n) is 7.32. The van der Waals surface area contributed by atoms with E-state index in [1.54, 1.807) is 13.8 Å². The number of anilines is 1. The Labute approximate surface area is 150 Å². The molecule has 140 valence electrons. The van der Waals surface area contributed by atoms with E-state index in [-0.39, 0.29) is 12.1 Å². The number of aromatic nitrogens is 1. The van der Waals surface area contributed by atoms with E-state index in [4.69, 9.17) is 16.3 Å². The summed E-state index contributed by atoms with van der Waals surface area (Å²) in [6.45, 7) is 3.17. The van der Waals surface area contributed by atoms with Crippen molar-refractivity contribution in [2.75, 3.05) is 4.90 Å². The van der Waals surface area contributed by atoms with Crippen molar-refractivity contribution in [2.45, 2.75) is 43.8 Å². The summed E-state index contributed by atoms with van der Waals surface area (Å²) in [7, 11) is 0. The van der Waals surface area contributed by atoms with Crippen LogP contribution in [0.4, 0.5) is 18.9 Å². The molecular formula is C16H14ClF3N2O4. The number of hydrogen-bond acceptors (Lipinski definition) is 5. The predicted octanol–water partition coefficient (Wildman–Crippen LogP) is 2.17. The minimum absolute atomic E-state index is 0.171. The van der Waals surface area contributed by atoms with Crippen molar-refractivity contribution in [3.8, 4) is 0 Å². The number of amides is 2. The van der Waals surface area contributed by atoms with Crippen molar-refractivity contribution < 1.29 is 32.6 Å². The quantitative estimate of drug-likeness (QED) is 0.587. The molecule has 4 heterocycles. The summed E-state index contributed by atoms with van der Waals surface area (Å²) in [5.41, 5.74) is -3.83. The van der Waals surface area contributed by atoms with Crippen LogP contribution in [0.15, 0.2) is 12.3 Å². The van der Waals surface area contributed by atoms with E-state index in [2.05, 4.69) is 4.98 Å². The summed E-state index contributed by atoms with van der Waals surface area (Å²) >= 11 is 5.50. The molecular weight excluding hydrogens is 377 g/mol. The number of fused-ring (bicyclic) bond motifs is 5. The molecule has 3 fully saturated rings. The summed E-state index contributed by atoms with van der Waals surface area (Å²) in [5, 5.41) is 9.49. The summed E-state index contributed by atoms with van der Waals surface area (Å²) in [6, 6.07) is 0.635. The molecule has 2 amide bonds. The summed E-state index contributed by atoms with van der Waals surface area (Å²) < 4.78 is 45.1. The van der Waals surface area contributed by atoms with Gasteiger partial charge in [-0.25, -0.2) is 9.88 Å². The van der Waals surface area contributed by atoms with Crippen LogP contribution in [0.1, 0.15) is 25.8 Å². The number of aliphatic hydroxyl groups is 1. The Morgan fingerprint density at radius 1 is 1.31 bits per heavy atom. The van der Waals surface area contributed by atoms with Crippen molar-refractivity contribution in [3.63, 3.8) is 0 Å².